The number of nitrogens with zero attached hydrogens (tertiary/aromatic N) is 1. The van der Waals surface area contributed by atoms with Gasteiger partial charge in [-0.1, -0.05) is 38.3 Å². The molecule has 1 aliphatic rings. The summed E-state index contributed by atoms with van der Waals surface area (Å²) in [5.41, 5.74) is 1.20. The van der Waals surface area contributed by atoms with Crippen LogP contribution in [0.3, 0.4) is 0 Å². The molecule has 21 heavy (non-hydrogen) atoms. The molecule has 1 N–H and O–H groups in total. The van der Waals surface area contributed by atoms with E-state index in [-0.39, 0.29) is 16.7 Å². The topological polar surface area (TPSA) is 55.2 Å². The number of nitro benzene ring substituents is 1. The maximum atomic E-state index is 10.9. The van der Waals surface area contributed by atoms with Gasteiger partial charge in [0.2, 0.25) is 0 Å². The van der Waals surface area contributed by atoms with Gasteiger partial charge < -0.3 is 5.32 Å². The van der Waals surface area contributed by atoms with E-state index < -0.39 is 0 Å². The summed E-state index contributed by atoms with van der Waals surface area (Å²) in [6, 6.07) is 7.69. The largest absolute Gasteiger partial charge is 0.307 e. The number of non-ortho nitro benzene ring substituents is 1. The number of rotatable bonds is 6. The molecule has 1 saturated carbocycles. The van der Waals surface area contributed by atoms with E-state index in [1.807, 2.05) is 6.07 Å². The Hall–Kier alpha value is -1.42. The Morgan fingerprint density at radius 3 is 2.67 bits per heavy atom. The highest BCUT2D eigenvalue weighted by Crippen LogP contribution is 2.29. The first kappa shape index (κ1) is 16.0. The second kappa shape index (κ2) is 7.55. The molecule has 0 radical (unpaired) electrons. The SMILES string of the molecule is CCC(N[C@@H](C)C1CCCCC1)c1cccc([N+](=O)[O-])c1. The fourth-order valence-corrected chi connectivity index (χ4v) is 3.39. The smallest absolute Gasteiger partial charge is 0.269 e. The Balaban J connectivity index is 2.04. The third-order valence-electron chi connectivity index (χ3n) is 4.71. The molecule has 4 heteroatoms. The first-order chi connectivity index (χ1) is 10.1. The third kappa shape index (κ3) is 4.27. The summed E-state index contributed by atoms with van der Waals surface area (Å²) in [6.07, 6.45) is 7.59. The van der Waals surface area contributed by atoms with Gasteiger partial charge in [-0.2, -0.15) is 0 Å². The minimum Gasteiger partial charge on any atom is -0.307 e. The van der Waals surface area contributed by atoms with Crippen LogP contribution in [0.5, 0.6) is 0 Å². The van der Waals surface area contributed by atoms with Gasteiger partial charge in [-0.15, -0.1) is 0 Å². The van der Waals surface area contributed by atoms with Crippen LogP contribution in [0.15, 0.2) is 24.3 Å². The average molecular weight is 290 g/mol. The van der Waals surface area contributed by atoms with E-state index in [0.717, 1.165) is 17.9 Å². The summed E-state index contributed by atoms with van der Waals surface area (Å²) in [6.45, 7) is 4.39. The van der Waals surface area contributed by atoms with Crippen molar-refractivity contribution >= 4 is 5.69 Å². The van der Waals surface area contributed by atoms with Crippen LogP contribution >= 0.6 is 0 Å². The van der Waals surface area contributed by atoms with Crippen molar-refractivity contribution in [2.45, 2.75) is 64.5 Å². The zero-order chi connectivity index (χ0) is 15.2. The van der Waals surface area contributed by atoms with Gasteiger partial charge in [-0.3, -0.25) is 10.1 Å². The number of nitro groups is 1. The van der Waals surface area contributed by atoms with E-state index >= 15 is 0 Å². The minimum atomic E-state index is -0.319. The second-order valence-corrected chi connectivity index (χ2v) is 6.17. The van der Waals surface area contributed by atoms with Gasteiger partial charge in [0.15, 0.2) is 0 Å². The molecule has 1 fully saturated rings. The molecule has 0 aliphatic heterocycles. The maximum absolute atomic E-state index is 10.9. The van der Waals surface area contributed by atoms with Gasteiger partial charge in [0.25, 0.3) is 5.69 Å². The van der Waals surface area contributed by atoms with Crippen molar-refractivity contribution in [2.75, 3.05) is 0 Å². The lowest BCUT2D eigenvalue weighted by Crippen LogP contribution is -2.37. The first-order valence-electron chi connectivity index (χ1n) is 8.12. The van der Waals surface area contributed by atoms with Crippen LogP contribution in [-0.4, -0.2) is 11.0 Å². The molecule has 0 saturated heterocycles. The van der Waals surface area contributed by atoms with Gasteiger partial charge in [-0.25, -0.2) is 0 Å². The van der Waals surface area contributed by atoms with Crippen molar-refractivity contribution in [1.29, 1.82) is 0 Å². The monoisotopic (exact) mass is 290 g/mol. The normalized spacial score (nSPS) is 19.1. The average Bonchev–Trinajstić information content (AvgIpc) is 2.53. The van der Waals surface area contributed by atoms with Crippen LogP contribution in [0.25, 0.3) is 0 Å². The van der Waals surface area contributed by atoms with E-state index in [9.17, 15) is 10.1 Å². The summed E-state index contributed by atoms with van der Waals surface area (Å²) in [5, 5.41) is 14.6. The molecule has 0 spiro atoms. The van der Waals surface area contributed by atoms with Crippen molar-refractivity contribution in [3.8, 4) is 0 Å². The number of hydrogen-bond acceptors (Lipinski definition) is 3. The molecule has 1 unspecified atom stereocenters. The first-order valence-corrected chi connectivity index (χ1v) is 8.12. The van der Waals surface area contributed by atoms with Crippen LogP contribution in [0.1, 0.15) is 64.0 Å². The molecule has 0 aromatic heterocycles. The predicted octanol–water partition coefficient (Wildman–Crippen LogP) is 4.60. The lowest BCUT2D eigenvalue weighted by Gasteiger charge is -2.31. The standard InChI is InChI=1S/C17H26N2O2/c1-3-17(15-10-7-11-16(12-15)19(20)21)18-13(2)14-8-5-4-6-9-14/h7,10-14,17-18H,3-6,8-9H2,1-2H3/t13-,17?/m0/s1. The molecule has 1 aromatic rings. The Kier molecular flexibility index (Phi) is 5.74. The number of nitrogens with one attached hydrogen (secondary N) is 1. The molecule has 0 bridgehead atoms. The minimum absolute atomic E-state index is 0.179. The second-order valence-electron chi connectivity index (χ2n) is 6.17. The highest BCUT2D eigenvalue weighted by atomic mass is 16.6. The van der Waals surface area contributed by atoms with E-state index in [0.29, 0.717) is 6.04 Å². The molecule has 2 rings (SSSR count). The van der Waals surface area contributed by atoms with Crippen molar-refractivity contribution < 1.29 is 4.92 Å². The summed E-state index contributed by atoms with van der Waals surface area (Å²) >= 11 is 0. The maximum Gasteiger partial charge on any atom is 0.269 e. The molecule has 0 heterocycles. The molecule has 4 nitrogen and oxygen atoms in total. The van der Waals surface area contributed by atoms with Crippen LogP contribution in [0, 0.1) is 16.0 Å². The van der Waals surface area contributed by atoms with Gasteiger partial charge in [0.05, 0.1) is 4.92 Å². The number of hydrogen-bond donors (Lipinski definition) is 1. The summed E-state index contributed by atoms with van der Waals surface area (Å²) in [4.78, 5) is 10.6. The molecular weight excluding hydrogens is 264 g/mol. The summed E-state index contributed by atoms with van der Waals surface area (Å²) in [7, 11) is 0. The van der Waals surface area contributed by atoms with Crippen LogP contribution < -0.4 is 5.32 Å². The highest BCUT2D eigenvalue weighted by molar-refractivity contribution is 5.35. The van der Waals surface area contributed by atoms with Crippen molar-refractivity contribution in [3.05, 3.63) is 39.9 Å². The van der Waals surface area contributed by atoms with Gasteiger partial charge >= 0.3 is 0 Å². The van der Waals surface area contributed by atoms with E-state index in [4.69, 9.17) is 0 Å². The van der Waals surface area contributed by atoms with Gasteiger partial charge in [0.1, 0.15) is 0 Å². The fraction of sp³-hybridized carbons (Fsp3) is 0.647. The zero-order valence-electron chi connectivity index (χ0n) is 13.0. The van der Waals surface area contributed by atoms with E-state index in [1.54, 1.807) is 18.2 Å². The predicted molar refractivity (Wildman–Crippen MR) is 85.3 cm³/mol. The fourth-order valence-electron chi connectivity index (χ4n) is 3.39. The molecule has 1 aromatic carbocycles. The van der Waals surface area contributed by atoms with Crippen molar-refractivity contribution in [3.63, 3.8) is 0 Å². The van der Waals surface area contributed by atoms with Crippen molar-refractivity contribution in [1.82, 2.24) is 5.32 Å². The van der Waals surface area contributed by atoms with Gasteiger partial charge in [-0.05, 0) is 37.7 Å². The lowest BCUT2D eigenvalue weighted by atomic mass is 9.84. The Morgan fingerprint density at radius 1 is 1.33 bits per heavy atom. The molecular formula is C17H26N2O2. The molecule has 2 atom stereocenters. The zero-order valence-corrected chi connectivity index (χ0v) is 13.0. The van der Waals surface area contributed by atoms with Gasteiger partial charge in [0, 0.05) is 24.2 Å². The quantitative estimate of drug-likeness (QED) is 0.615. The van der Waals surface area contributed by atoms with Crippen LogP contribution in [-0.2, 0) is 0 Å². The Labute approximate surface area is 127 Å². The summed E-state index contributed by atoms with van der Waals surface area (Å²) < 4.78 is 0. The molecule has 1 aliphatic carbocycles. The Bertz CT molecular complexity index is 470. The Morgan fingerprint density at radius 2 is 2.05 bits per heavy atom. The lowest BCUT2D eigenvalue weighted by molar-refractivity contribution is -0.384. The summed E-state index contributed by atoms with van der Waals surface area (Å²) in [5.74, 6) is 0.742. The van der Waals surface area contributed by atoms with Crippen LogP contribution in [0.2, 0.25) is 0 Å². The van der Waals surface area contributed by atoms with E-state index in [1.165, 1.54) is 32.1 Å². The highest BCUT2D eigenvalue weighted by Gasteiger charge is 2.23. The molecule has 0 amide bonds. The third-order valence-corrected chi connectivity index (χ3v) is 4.71. The van der Waals surface area contributed by atoms with Crippen LogP contribution in [0.4, 0.5) is 5.69 Å². The molecule has 116 valence electrons. The van der Waals surface area contributed by atoms with E-state index in [2.05, 4.69) is 19.2 Å². The van der Waals surface area contributed by atoms with Crippen molar-refractivity contribution in [2.24, 2.45) is 5.92 Å². The number of benzene rings is 1.